The molecule has 0 saturated carbocycles. The van der Waals surface area contributed by atoms with Gasteiger partial charge < -0.3 is 19.6 Å². The fourth-order valence-electron chi connectivity index (χ4n) is 3.11. The summed E-state index contributed by atoms with van der Waals surface area (Å²) in [5.41, 5.74) is 1.19. The Labute approximate surface area is 181 Å². The van der Waals surface area contributed by atoms with Crippen molar-refractivity contribution in [2.75, 3.05) is 39.2 Å². The number of hydrogen-bond donors (Lipinski definition) is 1. The Bertz CT molecular complexity index is 1030. The molecule has 31 heavy (non-hydrogen) atoms. The number of nitrogens with zero attached hydrogens (tertiary/aromatic N) is 2. The molecule has 9 nitrogen and oxygen atoms in total. The number of methoxy groups -OCH3 is 2. The van der Waals surface area contributed by atoms with E-state index in [1.54, 1.807) is 37.4 Å². The Morgan fingerprint density at radius 3 is 2.39 bits per heavy atom. The van der Waals surface area contributed by atoms with Crippen molar-refractivity contribution >= 4 is 27.8 Å². The van der Waals surface area contributed by atoms with Crippen molar-refractivity contribution < 1.29 is 27.5 Å². The molecule has 1 saturated heterocycles. The second-order valence-electron chi connectivity index (χ2n) is 6.81. The maximum Gasteiger partial charge on any atom is 0.265 e. The molecule has 1 aliphatic heterocycles. The first-order valence-electron chi connectivity index (χ1n) is 9.71. The van der Waals surface area contributed by atoms with Gasteiger partial charge in [-0.15, -0.1) is 0 Å². The first-order valence-corrected chi connectivity index (χ1v) is 11.2. The van der Waals surface area contributed by atoms with Gasteiger partial charge in [0.2, 0.25) is 10.0 Å². The molecule has 0 aromatic heterocycles. The standard InChI is InChI=1S/C21H25N3O6S/c1-28-19-10-5-16(13-20(19)29-2)14-22-30-15-21(25)23-17-6-8-18(9-7-17)31(26,27)24-11-3-4-12-24/h5-10,13-14H,3-4,11-12,15H2,1-2H3,(H,23,25)/b22-14+. The van der Waals surface area contributed by atoms with Gasteiger partial charge in [0, 0.05) is 24.3 Å². The zero-order chi connectivity index (χ0) is 22.3. The van der Waals surface area contributed by atoms with E-state index in [1.165, 1.54) is 29.8 Å². The molecule has 0 spiro atoms. The summed E-state index contributed by atoms with van der Waals surface area (Å²) in [7, 11) is -0.393. The number of rotatable bonds is 9. The summed E-state index contributed by atoms with van der Waals surface area (Å²) in [4.78, 5) is 17.3. The summed E-state index contributed by atoms with van der Waals surface area (Å²) in [5.74, 6) is 0.734. The van der Waals surface area contributed by atoms with Gasteiger partial charge in [-0.05, 0) is 55.3 Å². The van der Waals surface area contributed by atoms with Crippen LogP contribution < -0.4 is 14.8 Å². The molecule has 0 atom stereocenters. The summed E-state index contributed by atoms with van der Waals surface area (Å²) >= 11 is 0. The van der Waals surface area contributed by atoms with Crippen molar-refractivity contribution in [1.82, 2.24) is 4.31 Å². The number of sulfonamides is 1. The van der Waals surface area contributed by atoms with E-state index in [-0.39, 0.29) is 11.5 Å². The van der Waals surface area contributed by atoms with Gasteiger partial charge in [0.1, 0.15) is 0 Å². The van der Waals surface area contributed by atoms with Crippen molar-refractivity contribution in [1.29, 1.82) is 0 Å². The van der Waals surface area contributed by atoms with Gasteiger partial charge in [-0.2, -0.15) is 4.31 Å². The lowest BCUT2D eigenvalue weighted by molar-refractivity contribution is -0.120. The quantitative estimate of drug-likeness (QED) is 0.468. The van der Waals surface area contributed by atoms with Gasteiger partial charge in [-0.1, -0.05) is 5.16 Å². The molecule has 0 bridgehead atoms. The molecule has 3 rings (SSSR count). The number of oxime groups is 1. The zero-order valence-corrected chi connectivity index (χ0v) is 18.2. The van der Waals surface area contributed by atoms with Crippen LogP contribution in [0.1, 0.15) is 18.4 Å². The number of anilines is 1. The Kier molecular flexibility index (Phi) is 7.48. The van der Waals surface area contributed by atoms with Crippen LogP contribution in [0.3, 0.4) is 0 Å². The minimum atomic E-state index is -3.48. The van der Waals surface area contributed by atoms with Crippen LogP contribution in [-0.4, -0.2) is 58.8 Å². The van der Waals surface area contributed by atoms with Gasteiger partial charge in [-0.3, -0.25) is 4.79 Å². The smallest absolute Gasteiger partial charge is 0.265 e. The van der Waals surface area contributed by atoms with Crippen LogP contribution >= 0.6 is 0 Å². The predicted molar refractivity (Wildman–Crippen MR) is 116 cm³/mol. The third kappa shape index (κ3) is 5.74. The highest BCUT2D eigenvalue weighted by Gasteiger charge is 2.26. The fraction of sp³-hybridized carbons (Fsp3) is 0.333. The van der Waals surface area contributed by atoms with Gasteiger partial charge in [-0.25, -0.2) is 8.42 Å². The minimum Gasteiger partial charge on any atom is -0.493 e. The number of hydrogen-bond acceptors (Lipinski definition) is 7. The Morgan fingerprint density at radius 2 is 1.74 bits per heavy atom. The third-order valence-corrected chi connectivity index (χ3v) is 6.63. The third-order valence-electron chi connectivity index (χ3n) is 4.72. The van der Waals surface area contributed by atoms with Crippen LogP contribution in [0.5, 0.6) is 11.5 Å². The monoisotopic (exact) mass is 447 g/mol. The van der Waals surface area contributed by atoms with Gasteiger partial charge in [0.25, 0.3) is 5.91 Å². The van der Waals surface area contributed by atoms with E-state index in [4.69, 9.17) is 14.3 Å². The van der Waals surface area contributed by atoms with Gasteiger partial charge in [0.05, 0.1) is 25.3 Å². The molecule has 1 amide bonds. The zero-order valence-electron chi connectivity index (χ0n) is 17.4. The normalized spacial score (nSPS) is 14.5. The fourth-order valence-corrected chi connectivity index (χ4v) is 4.63. The van der Waals surface area contributed by atoms with Crippen molar-refractivity contribution in [2.45, 2.75) is 17.7 Å². The average Bonchev–Trinajstić information content (AvgIpc) is 3.33. The van der Waals surface area contributed by atoms with Crippen LogP contribution in [0.15, 0.2) is 52.5 Å². The number of nitrogens with one attached hydrogen (secondary N) is 1. The van der Waals surface area contributed by atoms with E-state index in [0.29, 0.717) is 35.8 Å². The molecule has 10 heteroatoms. The molecule has 0 aliphatic carbocycles. The van der Waals surface area contributed by atoms with E-state index < -0.39 is 15.9 Å². The summed E-state index contributed by atoms with van der Waals surface area (Å²) in [5, 5.41) is 6.42. The summed E-state index contributed by atoms with van der Waals surface area (Å²) in [6, 6.07) is 11.3. The topological polar surface area (TPSA) is 107 Å². The lowest BCUT2D eigenvalue weighted by Crippen LogP contribution is -2.27. The maximum absolute atomic E-state index is 12.5. The van der Waals surface area contributed by atoms with Crippen molar-refractivity contribution in [3.8, 4) is 11.5 Å². The largest absolute Gasteiger partial charge is 0.493 e. The summed E-state index contributed by atoms with van der Waals surface area (Å²) in [6.45, 7) is 0.793. The van der Waals surface area contributed by atoms with Crippen LogP contribution in [0.2, 0.25) is 0 Å². The number of amides is 1. The predicted octanol–water partition coefficient (Wildman–Crippen LogP) is 2.48. The molecule has 1 aliphatic rings. The van der Waals surface area contributed by atoms with Crippen LogP contribution in [0.25, 0.3) is 0 Å². The van der Waals surface area contributed by atoms with E-state index in [9.17, 15) is 13.2 Å². The second-order valence-corrected chi connectivity index (χ2v) is 8.74. The van der Waals surface area contributed by atoms with Crippen LogP contribution in [0.4, 0.5) is 5.69 Å². The van der Waals surface area contributed by atoms with E-state index in [1.807, 2.05) is 0 Å². The first kappa shape index (κ1) is 22.6. The van der Waals surface area contributed by atoms with E-state index >= 15 is 0 Å². The molecule has 0 radical (unpaired) electrons. The molecule has 2 aromatic rings. The molecule has 0 unspecified atom stereocenters. The number of benzene rings is 2. The number of ether oxygens (including phenoxy) is 2. The summed E-state index contributed by atoms with van der Waals surface area (Å²) in [6.07, 6.45) is 3.21. The molecule has 1 N–H and O–H groups in total. The Morgan fingerprint density at radius 1 is 1.06 bits per heavy atom. The molecule has 1 heterocycles. The van der Waals surface area contributed by atoms with Crippen molar-refractivity contribution in [3.05, 3.63) is 48.0 Å². The minimum absolute atomic E-state index is 0.211. The number of carbonyl (C=O) groups is 1. The van der Waals surface area contributed by atoms with Gasteiger partial charge >= 0.3 is 0 Å². The summed E-state index contributed by atoms with van der Waals surface area (Å²) < 4.78 is 36.9. The molecular weight excluding hydrogens is 422 g/mol. The first-order chi connectivity index (χ1) is 14.9. The molecule has 1 fully saturated rings. The van der Waals surface area contributed by atoms with Crippen LogP contribution in [0, 0.1) is 0 Å². The second kappa shape index (κ2) is 10.3. The lowest BCUT2D eigenvalue weighted by atomic mass is 10.2. The lowest BCUT2D eigenvalue weighted by Gasteiger charge is -2.15. The number of carbonyl (C=O) groups excluding carboxylic acids is 1. The average molecular weight is 448 g/mol. The SMILES string of the molecule is COc1ccc(/C=N/OCC(=O)Nc2ccc(S(=O)(=O)N3CCCC3)cc2)cc1OC. The highest BCUT2D eigenvalue weighted by molar-refractivity contribution is 7.89. The molecule has 166 valence electrons. The Hall–Kier alpha value is -3.11. The van der Waals surface area contributed by atoms with E-state index in [0.717, 1.165) is 12.8 Å². The van der Waals surface area contributed by atoms with Crippen molar-refractivity contribution in [3.63, 3.8) is 0 Å². The van der Waals surface area contributed by atoms with Crippen molar-refractivity contribution in [2.24, 2.45) is 5.16 Å². The highest BCUT2D eigenvalue weighted by atomic mass is 32.2. The maximum atomic E-state index is 12.5. The van der Waals surface area contributed by atoms with Gasteiger partial charge in [0.15, 0.2) is 18.1 Å². The molecule has 2 aromatic carbocycles. The van der Waals surface area contributed by atoms with Crippen LogP contribution in [-0.2, 0) is 19.7 Å². The Balaban J connectivity index is 1.50. The highest BCUT2D eigenvalue weighted by Crippen LogP contribution is 2.27. The molecular formula is C21H25N3O6S. The van der Waals surface area contributed by atoms with E-state index in [2.05, 4.69) is 10.5 Å².